The first-order valence-corrected chi connectivity index (χ1v) is 7.34. The molecule has 2 rings (SSSR count). The molecule has 1 fully saturated rings. The van der Waals surface area contributed by atoms with Gasteiger partial charge in [0.2, 0.25) is 0 Å². The number of piperidine rings is 1. The molecule has 0 aliphatic carbocycles. The third-order valence-corrected chi connectivity index (χ3v) is 4.12. The molecule has 0 spiro atoms. The van der Waals surface area contributed by atoms with Crippen molar-refractivity contribution in [2.45, 2.75) is 38.3 Å². The third kappa shape index (κ3) is 3.28. The number of hydrogen-bond donors (Lipinski definition) is 1. The lowest BCUT2D eigenvalue weighted by atomic mass is 9.99. The van der Waals surface area contributed by atoms with Gasteiger partial charge >= 0.3 is 0 Å². The standard InChI is InChI=1S/C16H26N2O/c1-4-15(17-2)14-9-5-6-10-16(14)18-11-7-8-13(12-18)19-3/h5-6,9-10,13,15,17H,4,7-8,11-12H2,1-3H3. The van der Waals surface area contributed by atoms with Gasteiger partial charge < -0.3 is 15.0 Å². The summed E-state index contributed by atoms with van der Waals surface area (Å²) in [5, 5.41) is 3.41. The van der Waals surface area contributed by atoms with Gasteiger partial charge in [0.05, 0.1) is 6.10 Å². The van der Waals surface area contributed by atoms with Crippen LogP contribution in [0.5, 0.6) is 0 Å². The Hall–Kier alpha value is -1.06. The first-order chi connectivity index (χ1) is 9.30. The molecular formula is C16H26N2O. The average molecular weight is 262 g/mol. The van der Waals surface area contributed by atoms with E-state index in [1.807, 2.05) is 14.2 Å². The van der Waals surface area contributed by atoms with Gasteiger partial charge in [-0.05, 0) is 37.9 Å². The van der Waals surface area contributed by atoms with Crippen molar-refractivity contribution in [3.05, 3.63) is 29.8 Å². The predicted octanol–water partition coefficient (Wildman–Crippen LogP) is 2.97. The summed E-state index contributed by atoms with van der Waals surface area (Å²) in [6.45, 7) is 4.37. The topological polar surface area (TPSA) is 24.5 Å². The number of para-hydroxylation sites is 1. The van der Waals surface area contributed by atoms with Gasteiger partial charge in [0.15, 0.2) is 0 Å². The van der Waals surface area contributed by atoms with Crippen molar-refractivity contribution in [2.75, 3.05) is 32.1 Å². The molecule has 0 amide bonds. The van der Waals surface area contributed by atoms with Crippen molar-refractivity contribution in [2.24, 2.45) is 0 Å². The molecule has 0 radical (unpaired) electrons. The Morgan fingerprint density at radius 2 is 2.21 bits per heavy atom. The Kier molecular flexibility index (Phi) is 5.23. The van der Waals surface area contributed by atoms with Gasteiger partial charge in [-0.3, -0.25) is 0 Å². The molecule has 1 N–H and O–H groups in total. The lowest BCUT2D eigenvalue weighted by Gasteiger charge is -2.36. The normalized spacial score (nSPS) is 21.4. The fourth-order valence-electron chi connectivity index (χ4n) is 3.00. The molecule has 1 heterocycles. The highest BCUT2D eigenvalue weighted by Gasteiger charge is 2.22. The van der Waals surface area contributed by atoms with Crippen molar-refractivity contribution in [1.82, 2.24) is 5.32 Å². The molecular weight excluding hydrogens is 236 g/mol. The number of nitrogens with zero attached hydrogens (tertiary/aromatic N) is 1. The van der Waals surface area contributed by atoms with E-state index in [1.165, 1.54) is 24.1 Å². The van der Waals surface area contributed by atoms with Crippen LogP contribution in [-0.2, 0) is 4.74 Å². The Morgan fingerprint density at radius 1 is 1.42 bits per heavy atom. The monoisotopic (exact) mass is 262 g/mol. The smallest absolute Gasteiger partial charge is 0.0746 e. The number of rotatable bonds is 5. The van der Waals surface area contributed by atoms with Gasteiger partial charge in [0.1, 0.15) is 0 Å². The lowest BCUT2D eigenvalue weighted by molar-refractivity contribution is 0.0893. The van der Waals surface area contributed by atoms with Gasteiger partial charge in [-0.25, -0.2) is 0 Å². The van der Waals surface area contributed by atoms with Gasteiger partial charge in [-0.15, -0.1) is 0 Å². The zero-order valence-corrected chi connectivity index (χ0v) is 12.4. The van der Waals surface area contributed by atoms with Gasteiger partial charge in [-0.2, -0.15) is 0 Å². The van der Waals surface area contributed by atoms with Crippen LogP contribution >= 0.6 is 0 Å². The quantitative estimate of drug-likeness (QED) is 0.883. The lowest BCUT2D eigenvalue weighted by Crippen LogP contribution is -2.40. The van der Waals surface area contributed by atoms with Crippen LogP contribution in [0.2, 0.25) is 0 Å². The molecule has 106 valence electrons. The van der Waals surface area contributed by atoms with Gasteiger partial charge in [0.25, 0.3) is 0 Å². The Morgan fingerprint density at radius 3 is 2.89 bits per heavy atom. The molecule has 2 atom stereocenters. The Bertz CT molecular complexity index is 390. The average Bonchev–Trinajstić information content (AvgIpc) is 2.49. The number of nitrogens with one attached hydrogen (secondary N) is 1. The molecule has 3 nitrogen and oxygen atoms in total. The summed E-state index contributed by atoms with van der Waals surface area (Å²) in [6.07, 6.45) is 3.87. The van der Waals surface area contributed by atoms with E-state index in [2.05, 4.69) is 41.4 Å². The van der Waals surface area contributed by atoms with Crippen LogP contribution in [0.15, 0.2) is 24.3 Å². The van der Waals surface area contributed by atoms with Gasteiger partial charge in [0, 0.05) is 31.9 Å². The number of anilines is 1. The predicted molar refractivity (Wildman–Crippen MR) is 80.8 cm³/mol. The van der Waals surface area contributed by atoms with E-state index in [4.69, 9.17) is 4.74 Å². The molecule has 0 saturated carbocycles. The van der Waals surface area contributed by atoms with Gasteiger partial charge in [-0.1, -0.05) is 25.1 Å². The minimum atomic E-state index is 0.372. The Labute approximate surface area is 116 Å². The summed E-state index contributed by atoms with van der Waals surface area (Å²) in [4.78, 5) is 2.48. The first kappa shape index (κ1) is 14.4. The van der Waals surface area contributed by atoms with Crippen LogP contribution in [0.3, 0.4) is 0 Å². The summed E-state index contributed by atoms with van der Waals surface area (Å²) < 4.78 is 5.54. The van der Waals surface area contributed by atoms with E-state index in [0.717, 1.165) is 19.5 Å². The van der Waals surface area contributed by atoms with Crippen LogP contribution in [0, 0.1) is 0 Å². The fraction of sp³-hybridized carbons (Fsp3) is 0.625. The van der Waals surface area contributed by atoms with Crippen molar-refractivity contribution >= 4 is 5.69 Å². The maximum atomic E-state index is 5.54. The highest BCUT2D eigenvalue weighted by atomic mass is 16.5. The second-order valence-electron chi connectivity index (χ2n) is 5.25. The molecule has 0 bridgehead atoms. The maximum Gasteiger partial charge on any atom is 0.0746 e. The minimum absolute atomic E-state index is 0.372. The van der Waals surface area contributed by atoms with Crippen molar-refractivity contribution in [3.8, 4) is 0 Å². The van der Waals surface area contributed by atoms with E-state index >= 15 is 0 Å². The van der Waals surface area contributed by atoms with E-state index in [9.17, 15) is 0 Å². The molecule has 1 aliphatic heterocycles. The van der Waals surface area contributed by atoms with Crippen molar-refractivity contribution in [3.63, 3.8) is 0 Å². The number of methoxy groups -OCH3 is 1. The zero-order chi connectivity index (χ0) is 13.7. The van der Waals surface area contributed by atoms with E-state index in [1.54, 1.807) is 0 Å². The van der Waals surface area contributed by atoms with Crippen LogP contribution in [0.1, 0.15) is 37.8 Å². The maximum absolute atomic E-state index is 5.54. The van der Waals surface area contributed by atoms with E-state index < -0.39 is 0 Å². The SMILES string of the molecule is CCC(NC)c1ccccc1N1CCCC(OC)C1. The molecule has 0 aromatic heterocycles. The number of ether oxygens (including phenoxy) is 1. The van der Waals surface area contributed by atoms with Crippen LogP contribution in [0.25, 0.3) is 0 Å². The fourth-order valence-corrected chi connectivity index (χ4v) is 3.00. The van der Waals surface area contributed by atoms with Crippen molar-refractivity contribution in [1.29, 1.82) is 0 Å². The highest BCUT2D eigenvalue weighted by Crippen LogP contribution is 2.30. The largest absolute Gasteiger partial charge is 0.380 e. The summed E-state index contributed by atoms with van der Waals surface area (Å²) in [5.41, 5.74) is 2.77. The van der Waals surface area contributed by atoms with Crippen LogP contribution < -0.4 is 10.2 Å². The molecule has 3 heteroatoms. The van der Waals surface area contributed by atoms with E-state index in [0.29, 0.717) is 12.1 Å². The number of hydrogen-bond acceptors (Lipinski definition) is 3. The summed E-state index contributed by atoms with van der Waals surface area (Å²) in [5.74, 6) is 0. The Balaban J connectivity index is 2.23. The molecule has 1 aliphatic rings. The summed E-state index contributed by atoms with van der Waals surface area (Å²) >= 11 is 0. The molecule has 1 aromatic carbocycles. The van der Waals surface area contributed by atoms with Crippen LogP contribution in [0.4, 0.5) is 5.69 Å². The van der Waals surface area contributed by atoms with Crippen LogP contribution in [-0.4, -0.2) is 33.4 Å². The number of benzene rings is 1. The highest BCUT2D eigenvalue weighted by molar-refractivity contribution is 5.55. The second kappa shape index (κ2) is 6.92. The first-order valence-electron chi connectivity index (χ1n) is 7.34. The second-order valence-corrected chi connectivity index (χ2v) is 5.25. The van der Waals surface area contributed by atoms with Crippen molar-refractivity contribution < 1.29 is 4.74 Å². The summed E-state index contributed by atoms with van der Waals surface area (Å²) in [6, 6.07) is 9.19. The molecule has 2 unspecified atom stereocenters. The third-order valence-electron chi connectivity index (χ3n) is 4.12. The van der Waals surface area contributed by atoms with E-state index in [-0.39, 0.29) is 0 Å². The molecule has 19 heavy (non-hydrogen) atoms. The summed E-state index contributed by atoms with van der Waals surface area (Å²) in [7, 11) is 3.86. The molecule has 1 saturated heterocycles. The zero-order valence-electron chi connectivity index (χ0n) is 12.4. The minimum Gasteiger partial charge on any atom is -0.380 e. The molecule has 1 aromatic rings.